The SMILES string of the molecule is CN1C(=O)Cc2ccc(C(Cl)C3CCCOC3)cc2C1=O. The van der Waals surface area contributed by atoms with Crippen LogP contribution in [0.3, 0.4) is 0 Å². The fourth-order valence-electron chi connectivity index (χ4n) is 2.96. The molecule has 5 heteroatoms. The van der Waals surface area contributed by atoms with E-state index in [4.69, 9.17) is 16.3 Å². The number of halogens is 1. The highest BCUT2D eigenvalue weighted by Crippen LogP contribution is 2.35. The lowest BCUT2D eigenvalue weighted by Crippen LogP contribution is -2.39. The number of hydrogen-bond donors (Lipinski definition) is 0. The van der Waals surface area contributed by atoms with Gasteiger partial charge in [0.2, 0.25) is 5.91 Å². The number of amides is 2. The Hall–Kier alpha value is -1.39. The molecule has 4 nitrogen and oxygen atoms in total. The number of imide groups is 1. The number of nitrogens with zero attached hydrogens (tertiary/aromatic N) is 1. The molecule has 0 aromatic heterocycles. The maximum atomic E-state index is 12.2. The number of ether oxygens (including phenoxy) is 1. The molecule has 0 bridgehead atoms. The molecule has 3 rings (SSSR count). The fourth-order valence-corrected chi connectivity index (χ4v) is 3.30. The normalized spacial score (nSPS) is 23.9. The minimum absolute atomic E-state index is 0.161. The quantitative estimate of drug-likeness (QED) is 0.623. The molecule has 2 heterocycles. The predicted octanol–water partition coefficient (Wildman–Crippen LogP) is 2.55. The van der Waals surface area contributed by atoms with Crippen LogP contribution in [0.4, 0.5) is 0 Å². The highest BCUT2D eigenvalue weighted by atomic mass is 35.5. The van der Waals surface area contributed by atoms with E-state index in [9.17, 15) is 9.59 Å². The average molecular weight is 308 g/mol. The second kappa shape index (κ2) is 5.78. The van der Waals surface area contributed by atoms with Crippen LogP contribution in [0.2, 0.25) is 0 Å². The number of likely N-dealkylation sites (N-methyl/N-ethyl adjacent to an activating group) is 1. The Bertz CT molecular complexity index is 581. The van der Waals surface area contributed by atoms with E-state index in [2.05, 4.69) is 0 Å². The van der Waals surface area contributed by atoms with Gasteiger partial charge in [-0.3, -0.25) is 14.5 Å². The fraction of sp³-hybridized carbons (Fsp3) is 0.500. The summed E-state index contributed by atoms with van der Waals surface area (Å²) >= 11 is 6.57. The maximum absolute atomic E-state index is 12.2. The number of alkyl halides is 1. The minimum Gasteiger partial charge on any atom is -0.381 e. The van der Waals surface area contributed by atoms with E-state index < -0.39 is 0 Å². The molecular weight excluding hydrogens is 290 g/mol. The second-order valence-corrected chi connectivity index (χ2v) is 6.20. The smallest absolute Gasteiger partial charge is 0.260 e. The second-order valence-electron chi connectivity index (χ2n) is 5.73. The van der Waals surface area contributed by atoms with Crippen molar-refractivity contribution in [3.63, 3.8) is 0 Å². The zero-order valence-electron chi connectivity index (χ0n) is 12.0. The van der Waals surface area contributed by atoms with Gasteiger partial charge in [-0.05, 0) is 30.0 Å². The van der Waals surface area contributed by atoms with Crippen LogP contribution in [0.15, 0.2) is 18.2 Å². The standard InChI is InChI=1S/C16H18ClNO3/c1-18-14(19)8-10-4-5-11(7-13(10)16(18)20)15(17)12-3-2-6-21-9-12/h4-5,7,12,15H,2-3,6,8-9H2,1H3. The molecule has 1 aromatic rings. The Morgan fingerprint density at radius 2 is 2.19 bits per heavy atom. The molecule has 1 aromatic carbocycles. The molecule has 0 saturated carbocycles. The third-order valence-electron chi connectivity index (χ3n) is 4.31. The van der Waals surface area contributed by atoms with E-state index in [1.165, 1.54) is 11.9 Å². The lowest BCUT2D eigenvalue weighted by atomic mass is 9.90. The van der Waals surface area contributed by atoms with Crippen molar-refractivity contribution in [3.05, 3.63) is 34.9 Å². The summed E-state index contributed by atoms with van der Waals surface area (Å²) in [5.41, 5.74) is 2.31. The molecule has 0 aliphatic carbocycles. The van der Waals surface area contributed by atoms with Gasteiger partial charge in [0.25, 0.3) is 5.91 Å². The Morgan fingerprint density at radius 1 is 1.38 bits per heavy atom. The van der Waals surface area contributed by atoms with Gasteiger partial charge >= 0.3 is 0 Å². The molecule has 2 aliphatic heterocycles. The van der Waals surface area contributed by atoms with Gasteiger partial charge in [-0.25, -0.2) is 0 Å². The van der Waals surface area contributed by atoms with Crippen molar-refractivity contribution in [1.29, 1.82) is 0 Å². The molecule has 112 valence electrons. The van der Waals surface area contributed by atoms with Crippen molar-refractivity contribution in [2.24, 2.45) is 5.92 Å². The molecule has 21 heavy (non-hydrogen) atoms. The monoisotopic (exact) mass is 307 g/mol. The van der Waals surface area contributed by atoms with Crippen molar-refractivity contribution in [2.45, 2.75) is 24.6 Å². The minimum atomic E-state index is -0.244. The van der Waals surface area contributed by atoms with Gasteiger partial charge in [0, 0.05) is 25.1 Å². The highest BCUT2D eigenvalue weighted by Gasteiger charge is 2.30. The summed E-state index contributed by atoms with van der Waals surface area (Å²) in [4.78, 5) is 25.1. The van der Waals surface area contributed by atoms with Gasteiger partial charge in [-0.1, -0.05) is 12.1 Å². The van der Waals surface area contributed by atoms with E-state index in [1.54, 1.807) is 0 Å². The van der Waals surface area contributed by atoms with Crippen LogP contribution in [0.1, 0.15) is 39.7 Å². The molecule has 2 aliphatic rings. The molecule has 2 unspecified atom stereocenters. The van der Waals surface area contributed by atoms with Gasteiger partial charge < -0.3 is 4.74 Å². The van der Waals surface area contributed by atoms with Crippen LogP contribution < -0.4 is 0 Å². The first-order chi connectivity index (χ1) is 10.1. The van der Waals surface area contributed by atoms with E-state index in [0.29, 0.717) is 12.2 Å². The summed E-state index contributed by atoms with van der Waals surface area (Å²) in [7, 11) is 1.52. The Morgan fingerprint density at radius 3 is 2.90 bits per heavy atom. The van der Waals surface area contributed by atoms with E-state index in [-0.39, 0.29) is 29.5 Å². The molecular formula is C16H18ClNO3. The summed E-state index contributed by atoms with van der Waals surface area (Å²) < 4.78 is 5.49. The largest absolute Gasteiger partial charge is 0.381 e. The van der Waals surface area contributed by atoms with Gasteiger partial charge in [-0.2, -0.15) is 0 Å². The zero-order chi connectivity index (χ0) is 15.0. The van der Waals surface area contributed by atoms with Crippen LogP contribution in [0, 0.1) is 5.92 Å². The number of fused-ring (bicyclic) bond motifs is 1. The Labute approximate surface area is 129 Å². The van der Waals surface area contributed by atoms with E-state index in [0.717, 1.165) is 30.6 Å². The van der Waals surface area contributed by atoms with Crippen molar-refractivity contribution in [2.75, 3.05) is 20.3 Å². The number of carbonyl (C=O) groups excluding carboxylic acids is 2. The lowest BCUT2D eigenvalue weighted by Gasteiger charge is -2.28. The Kier molecular flexibility index (Phi) is 4.00. The molecule has 0 spiro atoms. The average Bonchev–Trinajstić information content (AvgIpc) is 2.53. The number of benzene rings is 1. The summed E-state index contributed by atoms with van der Waals surface area (Å²) in [6, 6.07) is 5.62. The summed E-state index contributed by atoms with van der Waals surface area (Å²) in [5.74, 6) is -0.133. The van der Waals surface area contributed by atoms with Crippen LogP contribution in [0.25, 0.3) is 0 Å². The summed E-state index contributed by atoms with van der Waals surface area (Å²) in [6.07, 6.45) is 2.34. The summed E-state index contributed by atoms with van der Waals surface area (Å²) in [5, 5.41) is -0.161. The van der Waals surface area contributed by atoms with Gasteiger partial charge in [0.1, 0.15) is 0 Å². The Balaban J connectivity index is 1.88. The van der Waals surface area contributed by atoms with Crippen LogP contribution >= 0.6 is 11.6 Å². The predicted molar refractivity (Wildman–Crippen MR) is 79.4 cm³/mol. The first-order valence-corrected chi connectivity index (χ1v) is 7.67. The molecule has 2 atom stereocenters. The maximum Gasteiger partial charge on any atom is 0.260 e. The van der Waals surface area contributed by atoms with Crippen LogP contribution in [-0.4, -0.2) is 37.0 Å². The van der Waals surface area contributed by atoms with Crippen LogP contribution in [0.5, 0.6) is 0 Å². The highest BCUT2D eigenvalue weighted by molar-refractivity contribution is 6.21. The van der Waals surface area contributed by atoms with Gasteiger partial charge in [0.05, 0.1) is 18.4 Å². The first-order valence-electron chi connectivity index (χ1n) is 7.23. The molecule has 1 fully saturated rings. The molecule has 1 saturated heterocycles. The third-order valence-corrected chi connectivity index (χ3v) is 4.92. The molecule has 0 N–H and O–H groups in total. The van der Waals surface area contributed by atoms with Crippen molar-refractivity contribution >= 4 is 23.4 Å². The van der Waals surface area contributed by atoms with Crippen molar-refractivity contribution < 1.29 is 14.3 Å². The first kappa shape index (κ1) is 14.5. The molecule has 0 radical (unpaired) electrons. The number of rotatable bonds is 2. The van der Waals surface area contributed by atoms with Crippen LogP contribution in [-0.2, 0) is 16.0 Å². The third kappa shape index (κ3) is 2.70. The number of carbonyl (C=O) groups is 2. The number of hydrogen-bond acceptors (Lipinski definition) is 3. The van der Waals surface area contributed by atoms with Crippen molar-refractivity contribution in [1.82, 2.24) is 4.90 Å². The lowest BCUT2D eigenvalue weighted by molar-refractivity contribution is -0.127. The summed E-state index contributed by atoms with van der Waals surface area (Å²) in [6.45, 7) is 1.47. The van der Waals surface area contributed by atoms with Gasteiger partial charge in [0.15, 0.2) is 0 Å². The zero-order valence-corrected chi connectivity index (χ0v) is 12.7. The van der Waals surface area contributed by atoms with E-state index >= 15 is 0 Å². The topological polar surface area (TPSA) is 46.6 Å². The van der Waals surface area contributed by atoms with Gasteiger partial charge in [-0.15, -0.1) is 11.6 Å². The van der Waals surface area contributed by atoms with Crippen molar-refractivity contribution in [3.8, 4) is 0 Å². The van der Waals surface area contributed by atoms with E-state index in [1.807, 2.05) is 18.2 Å². The molecule has 2 amide bonds.